The molecule has 0 unspecified atom stereocenters. The molecule has 4 rings (SSSR count). The van der Waals surface area contributed by atoms with Gasteiger partial charge in [0.15, 0.2) is 11.5 Å². The van der Waals surface area contributed by atoms with Gasteiger partial charge in [-0.3, -0.25) is 14.5 Å². The Labute approximate surface area is 182 Å². The Morgan fingerprint density at radius 1 is 0.935 bits per heavy atom. The zero-order valence-electron chi connectivity index (χ0n) is 17.1. The number of benzene rings is 2. The van der Waals surface area contributed by atoms with Crippen LogP contribution < -0.4 is 14.2 Å². The number of aromatic nitrogens is 2. The molecule has 1 aliphatic rings. The molecule has 0 spiro atoms. The van der Waals surface area contributed by atoms with Crippen LogP contribution in [-0.2, 0) is 0 Å². The summed E-state index contributed by atoms with van der Waals surface area (Å²) in [5, 5.41) is 8.42. The fourth-order valence-corrected chi connectivity index (χ4v) is 3.94. The summed E-state index contributed by atoms with van der Waals surface area (Å²) in [6, 6.07) is 10.2. The molecule has 2 aromatic carbocycles. The highest BCUT2D eigenvalue weighted by atomic mass is 32.2. The van der Waals surface area contributed by atoms with Crippen LogP contribution in [0.5, 0.6) is 17.2 Å². The number of thioether (sulfide) groups is 1. The molecule has 0 saturated carbocycles. The third kappa shape index (κ3) is 3.81. The SMILES string of the molecule is COc1cc(-c2nnc(SCCN3C(=O)c4ccccc4C3=O)o2)cc(OC)c1OC. The minimum atomic E-state index is -0.287. The van der Waals surface area contributed by atoms with Gasteiger partial charge in [-0.25, -0.2) is 0 Å². The lowest BCUT2D eigenvalue weighted by Gasteiger charge is -2.12. The van der Waals surface area contributed by atoms with Gasteiger partial charge in [0.1, 0.15) is 0 Å². The highest BCUT2D eigenvalue weighted by molar-refractivity contribution is 7.99. The van der Waals surface area contributed by atoms with Gasteiger partial charge in [-0.1, -0.05) is 23.9 Å². The highest BCUT2D eigenvalue weighted by Crippen LogP contribution is 2.41. The van der Waals surface area contributed by atoms with E-state index in [9.17, 15) is 9.59 Å². The van der Waals surface area contributed by atoms with E-state index in [2.05, 4.69) is 10.2 Å². The molecule has 0 aliphatic carbocycles. The number of hydrogen-bond acceptors (Lipinski definition) is 9. The molecule has 0 N–H and O–H groups in total. The Balaban J connectivity index is 1.44. The van der Waals surface area contributed by atoms with Crippen LogP contribution in [-0.4, -0.2) is 60.5 Å². The number of rotatable bonds is 8. The van der Waals surface area contributed by atoms with E-state index in [4.69, 9.17) is 18.6 Å². The topological polar surface area (TPSA) is 104 Å². The van der Waals surface area contributed by atoms with Crippen molar-refractivity contribution in [2.24, 2.45) is 0 Å². The van der Waals surface area contributed by atoms with E-state index in [-0.39, 0.29) is 24.2 Å². The van der Waals surface area contributed by atoms with Gasteiger partial charge in [-0.15, -0.1) is 10.2 Å². The average molecular weight is 441 g/mol. The van der Waals surface area contributed by atoms with Crippen molar-refractivity contribution in [2.45, 2.75) is 5.22 Å². The maximum atomic E-state index is 12.4. The number of methoxy groups -OCH3 is 3. The smallest absolute Gasteiger partial charge is 0.276 e. The van der Waals surface area contributed by atoms with E-state index >= 15 is 0 Å². The van der Waals surface area contributed by atoms with E-state index in [1.165, 1.54) is 38.0 Å². The third-order valence-electron chi connectivity index (χ3n) is 4.74. The Morgan fingerprint density at radius 2 is 1.55 bits per heavy atom. The van der Waals surface area contributed by atoms with Gasteiger partial charge in [0.05, 0.1) is 32.5 Å². The number of imide groups is 1. The molecule has 0 bridgehead atoms. The molecule has 0 atom stereocenters. The van der Waals surface area contributed by atoms with Crippen LogP contribution in [0, 0.1) is 0 Å². The molecule has 31 heavy (non-hydrogen) atoms. The molecular weight excluding hydrogens is 422 g/mol. The van der Waals surface area contributed by atoms with Crippen LogP contribution in [0.25, 0.3) is 11.5 Å². The predicted octanol–water partition coefficient (Wildman–Crippen LogP) is 3.15. The summed E-state index contributed by atoms with van der Waals surface area (Å²) < 4.78 is 21.7. The molecule has 1 aliphatic heterocycles. The first-order valence-corrected chi connectivity index (χ1v) is 10.3. The zero-order valence-corrected chi connectivity index (χ0v) is 17.9. The van der Waals surface area contributed by atoms with Crippen molar-refractivity contribution in [1.82, 2.24) is 15.1 Å². The van der Waals surface area contributed by atoms with Gasteiger partial charge in [0.25, 0.3) is 17.0 Å². The van der Waals surface area contributed by atoms with Crippen molar-refractivity contribution >= 4 is 23.6 Å². The minimum Gasteiger partial charge on any atom is -0.493 e. The molecule has 3 aromatic rings. The maximum Gasteiger partial charge on any atom is 0.276 e. The lowest BCUT2D eigenvalue weighted by atomic mass is 10.1. The quantitative estimate of drug-likeness (QED) is 0.385. The standard InChI is InChI=1S/C21H19N3O6S/c1-27-15-10-12(11-16(28-2)17(15)29-3)18-22-23-21(30-18)31-9-8-24-19(25)13-6-4-5-7-14(13)20(24)26/h4-7,10-11H,8-9H2,1-3H3. The van der Waals surface area contributed by atoms with E-state index in [0.717, 1.165) is 0 Å². The minimum absolute atomic E-state index is 0.235. The largest absolute Gasteiger partial charge is 0.493 e. The molecule has 1 aromatic heterocycles. The van der Waals surface area contributed by atoms with E-state index in [1.54, 1.807) is 36.4 Å². The number of carbonyl (C=O) groups excluding carboxylic acids is 2. The van der Waals surface area contributed by atoms with E-state index in [1.807, 2.05) is 0 Å². The highest BCUT2D eigenvalue weighted by Gasteiger charge is 2.34. The van der Waals surface area contributed by atoms with Crippen molar-refractivity contribution in [2.75, 3.05) is 33.6 Å². The molecule has 9 nitrogen and oxygen atoms in total. The molecule has 10 heteroatoms. The molecule has 2 heterocycles. The van der Waals surface area contributed by atoms with E-state index in [0.29, 0.717) is 44.9 Å². The zero-order chi connectivity index (χ0) is 22.0. The molecule has 2 amide bonds. The van der Waals surface area contributed by atoms with Crippen LogP contribution in [0.2, 0.25) is 0 Å². The van der Waals surface area contributed by atoms with Crippen LogP contribution in [0.3, 0.4) is 0 Å². The Bertz CT molecular complexity index is 1090. The van der Waals surface area contributed by atoms with Gasteiger partial charge < -0.3 is 18.6 Å². The predicted molar refractivity (Wildman–Crippen MR) is 112 cm³/mol. The number of amides is 2. The van der Waals surface area contributed by atoms with Gasteiger partial charge in [-0.2, -0.15) is 0 Å². The second-order valence-electron chi connectivity index (χ2n) is 6.44. The maximum absolute atomic E-state index is 12.4. The lowest BCUT2D eigenvalue weighted by Crippen LogP contribution is -2.31. The molecule has 160 valence electrons. The Morgan fingerprint density at radius 3 is 2.10 bits per heavy atom. The third-order valence-corrected chi connectivity index (χ3v) is 5.54. The second kappa shape index (κ2) is 8.68. The van der Waals surface area contributed by atoms with Crippen molar-refractivity contribution in [3.05, 3.63) is 47.5 Å². The van der Waals surface area contributed by atoms with Gasteiger partial charge in [0.2, 0.25) is 11.6 Å². The van der Waals surface area contributed by atoms with Crippen LogP contribution in [0.1, 0.15) is 20.7 Å². The first kappa shape index (κ1) is 20.7. The summed E-state index contributed by atoms with van der Waals surface area (Å²) in [7, 11) is 4.57. The molecule has 0 fully saturated rings. The lowest BCUT2D eigenvalue weighted by molar-refractivity contribution is 0.0664. The van der Waals surface area contributed by atoms with Crippen LogP contribution >= 0.6 is 11.8 Å². The van der Waals surface area contributed by atoms with Gasteiger partial charge >= 0.3 is 0 Å². The van der Waals surface area contributed by atoms with Gasteiger partial charge in [-0.05, 0) is 24.3 Å². The number of fused-ring (bicyclic) bond motifs is 1. The van der Waals surface area contributed by atoms with Crippen molar-refractivity contribution in [3.8, 4) is 28.7 Å². The summed E-state index contributed by atoms with van der Waals surface area (Å²) in [5.74, 6) is 1.52. The molecule has 0 radical (unpaired) electrons. The first-order chi connectivity index (χ1) is 15.1. The van der Waals surface area contributed by atoms with Crippen LogP contribution in [0.4, 0.5) is 0 Å². The van der Waals surface area contributed by atoms with Crippen LogP contribution in [0.15, 0.2) is 46.0 Å². The summed E-state index contributed by atoms with van der Waals surface area (Å²) in [4.78, 5) is 26.1. The number of hydrogen-bond donors (Lipinski definition) is 0. The monoisotopic (exact) mass is 441 g/mol. The number of nitrogens with zero attached hydrogens (tertiary/aromatic N) is 3. The van der Waals surface area contributed by atoms with Gasteiger partial charge in [0, 0.05) is 17.9 Å². The summed E-state index contributed by atoms with van der Waals surface area (Å²) in [5.41, 5.74) is 1.47. The fraction of sp³-hybridized carbons (Fsp3) is 0.238. The number of ether oxygens (including phenoxy) is 3. The molecule has 0 saturated heterocycles. The van der Waals surface area contributed by atoms with Crippen molar-refractivity contribution in [1.29, 1.82) is 0 Å². The van der Waals surface area contributed by atoms with E-state index < -0.39 is 0 Å². The summed E-state index contributed by atoms with van der Waals surface area (Å²) >= 11 is 1.26. The molecular formula is C21H19N3O6S. The first-order valence-electron chi connectivity index (χ1n) is 9.29. The average Bonchev–Trinajstić information content (AvgIpc) is 3.37. The van der Waals surface area contributed by atoms with Crippen molar-refractivity contribution in [3.63, 3.8) is 0 Å². The van der Waals surface area contributed by atoms with Crippen molar-refractivity contribution < 1.29 is 28.2 Å². The second-order valence-corrected chi connectivity index (χ2v) is 7.49. The fourth-order valence-electron chi connectivity index (χ4n) is 3.26. The number of carbonyl (C=O) groups is 2. The Hall–Kier alpha value is -3.53. The Kier molecular flexibility index (Phi) is 5.81. The summed E-state index contributed by atoms with van der Waals surface area (Å²) in [6.07, 6.45) is 0. The normalized spacial score (nSPS) is 12.8. The summed E-state index contributed by atoms with van der Waals surface area (Å²) in [6.45, 7) is 0.235.